The molecule has 0 radical (unpaired) electrons. The Balaban J connectivity index is 1.99. The summed E-state index contributed by atoms with van der Waals surface area (Å²) in [5.74, 6) is 0. The van der Waals surface area contributed by atoms with Gasteiger partial charge in [0, 0.05) is 12.6 Å². The van der Waals surface area contributed by atoms with Gasteiger partial charge in [0.05, 0.1) is 0 Å². The molecule has 0 bridgehead atoms. The minimum atomic E-state index is 0.656. The van der Waals surface area contributed by atoms with Gasteiger partial charge in [0.25, 0.3) is 0 Å². The summed E-state index contributed by atoms with van der Waals surface area (Å²) in [6, 6.07) is 11.5. The lowest BCUT2D eigenvalue weighted by molar-refractivity contribution is 0.171. The minimum absolute atomic E-state index is 0.656. The molecule has 1 fully saturated rings. The van der Waals surface area contributed by atoms with Crippen molar-refractivity contribution in [2.45, 2.75) is 45.2 Å². The SMILES string of the molecule is CCC=CC1CCCCN1Cc1ccccc1. The van der Waals surface area contributed by atoms with Crippen LogP contribution >= 0.6 is 0 Å². The largest absolute Gasteiger partial charge is 0.293 e. The van der Waals surface area contributed by atoms with Crippen LogP contribution in [0.25, 0.3) is 0 Å². The first-order chi connectivity index (χ1) is 8.40. The molecular formula is C16H23N. The van der Waals surface area contributed by atoms with Crippen molar-refractivity contribution in [3.63, 3.8) is 0 Å². The van der Waals surface area contributed by atoms with Crippen molar-refractivity contribution in [3.8, 4) is 0 Å². The van der Waals surface area contributed by atoms with E-state index in [1.54, 1.807) is 0 Å². The second-order valence-corrected chi connectivity index (χ2v) is 4.86. The maximum Gasteiger partial charge on any atom is 0.0281 e. The third-order valence-corrected chi connectivity index (χ3v) is 3.49. The van der Waals surface area contributed by atoms with Gasteiger partial charge < -0.3 is 0 Å². The molecule has 92 valence electrons. The van der Waals surface area contributed by atoms with Gasteiger partial charge in [-0.05, 0) is 31.4 Å². The Morgan fingerprint density at radius 3 is 2.82 bits per heavy atom. The van der Waals surface area contributed by atoms with E-state index in [2.05, 4.69) is 54.3 Å². The topological polar surface area (TPSA) is 3.24 Å². The number of piperidine rings is 1. The summed E-state index contributed by atoms with van der Waals surface area (Å²) < 4.78 is 0. The van der Waals surface area contributed by atoms with Gasteiger partial charge in [0.2, 0.25) is 0 Å². The molecule has 1 nitrogen and oxygen atoms in total. The number of rotatable bonds is 4. The van der Waals surface area contributed by atoms with Crippen molar-refractivity contribution in [2.24, 2.45) is 0 Å². The van der Waals surface area contributed by atoms with Crippen LogP contribution in [0.1, 0.15) is 38.2 Å². The van der Waals surface area contributed by atoms with Crippen molar-refractivity contribution in [3.05, 3.63) is 48.0 Å². The highest BCUT2D eigenvalue weighted by molar-refractivity contribution is 5.15. The standard InChI is InChI=1S/C16H23N/c1-2-3-11-16-12-7-8-13-17(16)14-15-9-5-4-6-10-15/h3-6,9-11,16H,2,7-8,12-14H2,1H3. The molecule has 1 saturated heterocycles. The summed E-state index contributed by atoms with van der Waals surface area (Å²) in [6.45, 7) is 4.55. The maximum atomic E-state index is 2.62. The Morgan fingerprint density at radius 1 is 1.24 bits per heavy atom. The number of benzene rings is 1. The van der Waals surface area contributed by atoms with Gasteiger partial charge in [-0.1, -0.05) is 55.8 Å². The van der Waals surface area contributed by atoms with Gasteiger partial charge in [0.15, 0.2) is 0 Å². The van der Waals surface area contributed by atoms with Gasteiger partial charge in [-0.25, -0.2) is 0 Å². The van der Waals surface area contributed by atoms with Crippen LogP contribution in [0.4, 0.5) is 0 Å². The minimum Gasteiger partial charge on any atom is -0.293 e. The summed E-state index contributed by atoms with van der Waals surface area (Å²) in [6.07, 6.45) is 9.92. The zero-order valence-electron chi connectivity index (χ0n) is 10.8. The van der Waals surface area contributed by atoms with Crippen LogP contribution in [0.5, 0.6) is 0 Å². The number of hydrogen-bond donors (Lipinski definition) is 0. The molecule has 1 heterocycles. The van der Waals surface area contributed by atoms with Crippen LogP contribution in [0.2, 0.25) is 0 Å². The van der Waals surface area contributed by atoms with Crippen molar-refractivity contribution in [1.82, 2.24) is 4.90 Å². The third kappa shape index (κ3) is 3.71. The Hall–Kier alpha value is -1.08. The van der Waals surface area contributed by atoms with Crippen molar-refractivity contribution in [1.29, 1.82) is 0 Å². The number of allylic oxidation sites excluding steroid dienone is 1. The average molecular weight is 229 g/mol. The van der Waals surface area contributed by atoms with E-state index < -0.39 is 0 Å². The van der Waals surface area contributed by atoms with E-state index in [-0.39, 0.29) is 0 Å². The smallest absolute Gasteiger partial charge is 0.0281 e. The molecule has 1 atom stereocenters. The highest BCUT2D eigenvalue weighted by Crippen LogP contribution is 2.20. The van der Waals surface area contributed by atoms with Crippen LogP contribution in [-0.2, 0) is 6.54 Å². The maximum absolute atomic E-state index is 2.62. The Kier molecular flexibility index (Phi) is 4.81. The molecule has 1 aliphatic heterocycles. The lowest BCUT2D eigenvalue weighted by Crippen LogP contribution is -2.37. The molecule has 1 unspecified atom stereocenters. The molecule has 0 aliphatic carbocycles. The van der Waals surface area contributed by atoms with Gasteiger partial charge in [-0.15, -0.1) is 0 Å². The van der Waals surface area contributed by atoms with Gasteiger partial charge in [-0.2, -0.15) is 0 Å². The fourth-order valence-electron chi connectivity index (χ4n) is 2.54. The molecule has 17 heavy (non-hydrogen) atoms. The van der Waals surface area contributed by atoms with Crippen LogP contribution < -0.4 is 0 Å². The molecule has 0 N–H and O–H groups in total. The van der Waals surface area contributed by atoms with E-state index in [4.69, 9.17) is 0 Å². The second kappa shape index (κ2) is 6.61. The summed E-state index contributed by atoms with van der Waals surface area (Å²) in [5, 5.41) is 0. The second-order valence-electron chi connectivity index (χ2n) is 4.86. The van der Waals surface area contributed by atoms with Crippen molar-refractivity contribution in [2.75, 3.05) is 6.54 Å². The van der Waals surface area contributed by atoms with E-state index in [9.17, 15) is 0 Å². The van der Waals surface area contributed by atoms with E-state index in [0.717, 1.165) is 13.0 Å². The molecule has 0 aromatic heterocycles. The number of hydrogen-bond acceptors (Lipinski definition) is 1. The monoisotopic (exact) mass is 229 g/mol. The van der Waals surface area contributed by atoms with Crippen molar-refractivity contribution >= 4 is 0 Å². The van der Waals surface area contributed by atoms with Crippen LogP contribution in [0.3, 0.4) is 0 Å². The van der Waals surface area contributed by atoms with E-state index in [1.165, 1.54) is 31.4 Å². The molecule has 1 heteroatoms. The molecule has 1 aromatic rings. The number of nitrogens with zero attached hydrogens (tertiary/aromatic N) is 1. The fraction of sp³-hybridized carbons (Fsp3) is 0.500. The summed E-state index contributed by atoms with van der Waals surface area (Å²) in [4.78, 5) is 2.62. The first-order valence-electron chi connectivity index (χ1n) is 6.85. The number of likely N-dealkylation sites (tertiary alicyclic amines) is 1. The molecule has 0 spiro atoms. The fourth-order valence-corrected chi connectivity index (χ4v) is 2.54. The van der Waals surface area contributed by atoms with Gasteiger partial charge >= 0.3 is 0 Å². The zero-order valence-corrected chi connectivity index (χ0v) is 10.8. The highest BCUT2D eigenvalue weighted by atomic mass is 15.2. The molecule has 1 aromatic carbocycles. The van der Waals surface area contributed by atoms with Gasteiger partial charge in [0.1, 0.15) is 0 Å². The van der Waals surface area contributed by atoms with Crippen LogP contribution in [0, 0.1) is 0 Å². The normalized spacial score (nSPS) is 22.1. The molecule has 2 rings (SSSR count). The average Bonchev–Trinajstić information content (AvgIpc) is 2.39. The van der Waals surface area contributed by atoms with Gasteiger partial charge in [-0.3, -0.25) is 4.90 Å². The summed E-state index contributed by atoms with van der Waals surface area (Å²) >= 11 is 0. The molecule has 0 saturated carbocycles. The van der Waals surface area contributed by atoms with Crippen molar-refractivity contribution < 1.29 is 0 Å². The lowest BCUT2D eigenvalue weighted by Gasteiger charge is -2.34. The quantitative estimate of drug-likeness (QED) is 0.705. The molecule has 1 aliphatic rings. The molecular weight excluding hydrogens is 206 g/mol. The third-order valence-electron chi connectivity index (χ3n) is 3.49. The Labute approximate surface area is 105 Å². The molecule has 0 amide bonds. The lowest BCUT2D eigenvalue weighted by atomic mass is 10.0. The first-order valence-corrected chi connectivity index (χ1v) is 6.85. The summed E-state index contributed by atoms with van der Waals surface area (Å²) in [5.41, 5.74) is 1.43. The van der Waals surface area contributed by atoms with Crippen LogP contribution in [0.15, 0.2) is 42.5 Å². The van der Waals surface area contributed by atoms with E-state index >= 15 is 0 Å². The zero-order chi connectivity index (χ0) is 11.9. The van der Waals surface area contributed by atoms with E-state index in [1.807, 2.05) is 0 Å². The van der Waals surface area contributed by atoms with Crippen LogP contribution in [-0.4, -0.2) is 17.5 Å². The predicted octanol–water partition coefficient (Wildman–Crippen LogP) is 4.01. The Bertz CT molecular complexity index is 342. The first kappa shape index (κ1) is 12.4. The highest BCUT2D eigenvalue weighted by Gasteiger charge is 2.19. The summed E-state index contributed by atoms with van der Waals surface area (Å²) in [7, 11) is 0. The Morgan fingerprint density at radius 2 is 2.06 bits per heavy atom. The predicted molar refractivity (Wildman–Crippen MR) is 73.9 cm³/mol. The van der Waals surface area contributed by atoms with E-state index in [0.29, 0.717) is 6.04 Å².